The Hall–Kier alpha value is -3.42. The van der Waals surface area contributed by atoms with Gasteiger partial charge in [0.2, 0.25) is 0 Å². The van der Waals surface area contributed by atoms with Crippen molar-refractivity contribution in [2.45, 2.75) is 104 Å². The normalized spacial score (nSPS) is 15.9. The number of anilines is 4. The van der Waals surface area contributed by atoms with Gasteiger partial charge < -0.3 is 30.2 Å². The molecule has 3 rings (SSSR count). The number of amides is 4. The zero-order valence-corrected chi connectivity index (χ0v) is 31.1. The number of hydrogen-bond acceptors (Lipinski definition) is 4. The zero-order chi connectivity index (χ0) is 34.7. The predicted octanol–water partition coefficient (Wildman–Crippen LogP) is 9.93. The van der Waals surface area contributed by atoms with E-state index in [1.807, 2.05) is 76.7 Å². The molecule has 1 saturated carbocycles. The third kappa shape index (κ3) is 14.0. The molecule has 0 aliphatic heterocycles. The topological polar surface area (TPSA) is 71.2 Å². The SMILES string of the molecule is CCCCCCCN(C[C@H]1CCC[C@H](CN(CCCCCCC)C(=O)Nc2ccc(N(C)C)cc2)C1)C(=O)Nc1ccc(N(C)C)cc1. The summed E-state index contributed by atoms with van der Waals surface area (Å²) in [5.41, 5.74) is 3.89. The lowest BCUT2D eigenvalue weighted by Crippen LogP contribution is -2.43. The van der Waals surface area contributed by atoms with Gasteiger partial charge in [0, 0.05) is 77.1 Å². The monoisotopic (exact) mass is 663 g/mol. The van der Waals surface area contributed by atoms with Crippen LogP contribution in [0.25, 0.3) is 0 Å². The number of urea groups is 2. The number of carbonyl (C=O) groups is 2. The van der Waals surface area contributed by atoms with E-state index in [0.717, 1.165) is 100 Å². The maximum absolute atomic E-state index is 13.6. The largest absolute Gasteiger partial charge is 0.378 e. The highest BCUT2D eigenvalue weighted by atomic mass is 16.2. The summed E-state index contributed by atoms with van der Waals surface area (Å²) in [6.07, 6.45) is 16.2. The van der Waals surface area contributed by atoms with Crippen LogP contribution in [0.2, 0.25) is 0 Å². The van der Waals surface area contributed by atoms with Crippen molar-refractivity contribution in [3.05, 3.63) is 48.5 Å². The van der Waals surface area contributed by atoms with Gasteiger partial charge in [0.05, 0.1) is 0 Å². The van der Waals surface area contributed by atoms with E-state index in [4.69, 9.17) is 0 Å². The molecule has 2 aromatic rings. The second kappa shape index (κ2) is 21.5. The Bertz CT molecular complexity index is 1090. The molecule has 0 heterocycles. The Kier molecular flexibility index (Phi) is 17.5. The Morgan fingerprint density at radius 1 is 0.583 bits per heavy atom. The fraction of sp³-hybridized carbons (Fsp3) is 0.650. The van der Waals surface area contributed by atoms with E-state index in [0.29, 0.717) is 11.8 Å². The van der Waals surface area contributed by atoms with Gasteiger partial charge in [-0.1, -0.05) is 71.6 Å². The molecule has 268 valence electrons. The van der Waals surface area contributed by atoms with Crippen molar-refractivity contribution in [2.75, 3.05) is 74.8 Å². The third-order valence-corrected chi connectivity index (χ3v) is 9.76. The van der Waals surface area contributed by atoms with Gasteiger partial charge in [0.15, 0.2) is 0 Å². The highest BCUT2D eigenvalue weighted by molar-refractivity contribution is 5.90. The van der Waals surface area contributed by atoms with Crippen LogP contribution in [-0.2, 0) is 0 Å². The summed E-state index contributed by atoms with van der Waals surface area (Å²) < 4.78 is 0. The number of nitrogens with zero attached hydrogens (tertiary/aromatic N) is 4. The van der Waals surface area contributed by atoms with Crippen LogP contribution in [0.5, 0.6) is 0 Å². The van der Waals surface area contributed by atoms with Crippen molar-refractivity contribution < 1.29 is 9.59 Å². The molecule has 0 spiro atoms. The first-order valence-electron chi connectivity index (χ1n) is 18.9. The Morgan fingerprint density at radius 3 is 1.31 bits per heavy atom. The molecule has 48 heavy (non-hydrogen) atoms. The summed E-state index contributed by atoms with van der Waals surface area (Å²) in [5, 5.41) is 6.37. The molecule has 4 amide bonds. The first-order chi connectivity index (χ1) is 23.2. The third-order valence-electron chi connectivity index (χ3n) is 9.76. The van der Waals surface area contributed by atoms with Crippen LogP contribution in [0, 0.1) is 11.8 Å². The first kappa shape index (κ1) is 39.0. The number of benzene rings is 2. The predicted molar refractivity (Wildman–Crippen MR) is 206 cm³/mol. The van der Waals surface area contributed by atoms with Crippen molar-refractivity contribution in [1.29, 1.82) is 0 Å². The molecule has 2 atom stereocenters. The van der Waals surface area contributed by atoms with Gasteiger partial charge in [-0.15, -0.1) is 0 Å². The number of unbranched alkanes of at least 4 members (excludes halogenated alkanes) is 8. The molecular weight excluding hydrogens is 596 g/mol. The van der Waals surface area contributed by atoms with E-state index in [1.165, 1.54) is 38.5 Å². The number of rotatable bonds is 20. The van der Waals surface area contributed by atoms with E-state index in [2.05, 4.69) is 44.1 Å². The van der Waals surface area contributed by atoms with Crippen molar-refractivity contribution in [3.63, 3.8) is 0 Å². The molecule has 0 unspecified atom stereocenters. The molecule has 8 nitrogen and oxygen atoms in total. The van der Waals surface area contributed by atoms with Crippen LogP contribution in [0.15, 0.2) is 48.5 Å². The number of hydrogen-bond donors (Lipinski definition) is 2. The van der Waals surface area contributed by atoms with Gasteiger partial charge in [-0.3, -0.25) is 0 Å². The molecule has 1 fully saturated rings. The quantitative estimate of drug-likeness (QED) is 0.139. The molecule has 1 aliphatic carbocycles. The fourth-order valence-electron chi connectivity index (χ4n) is 6.81. The van der Waals surface area contributed by atoms with Gasteiger partial charge >= 0.3 is 12.1 Å². The summed E-state index contributed by atoms with van der Waals surface area (Å²) >= 11 is 0. The van der Waals surface area contributed by atoms with Crippen molar-refractivity contribution in [3.8, 4) is 0 Å². The Labute approximate surface area is 292 Å². The van der Waals surface area contributed by atoms with E-state index < -0.39 is 0 Å². The van der Waals surface area contributed by atoms with Gasteiger partial charge in [-0.05, 0) is 92.5 Å². The fourth-order valence-corrected chi connectivity index (χ4v) is 6.81. The number of carbonyl (C=O) groups excluding carboxylic acids is 2. The van der Waals surface area contributed by atoms with Gasteiger partial charge in [-0.25, -0.2) is 9.59 Å². The maximum atomic E-state index is 13.6. The second-order valence-electron chi connectivity index (χ2n) is 14.4. The molecule has 0 bridgehead atoms. The lowest BCUT2D eigenvalue weighted by Gasteiger charge is -2.36. The maximum Gasteiger partial charge on any atom is 0.321 e. The van der Waals surface area contributed by atoms with E-state index in [-0.39, 0.29) is 12.1 Å². The molecule has 0 saturated heterocycles. The second-order valence-corrected chi connectivity index (χ2v) is 14.4. The standard InChI is InChI=1S/C40H66N6O2/c1-7-9-11-13-15-28-45(39(47)41-35-20-24-37(25-21-35)43(3)4)31-33-18-17-19-34(30-33)32-46(29-16-14-12-10-8-2)40(48)42-36-22-26-38(27-23-36)44(5)6/h20-27,33-34H,7-19,28-32H2,1-6H3,(H,41,47)(H,42,48)/t33-,34-/m0/s1. The summed E-state index contributed by atoms with van der Waals surface area (Å²) in [6, 6.07) is 16.1. The summed E-state index contributed by atoms with van der Waals surface area (Å²) in [7, 11) is 8.09. The van der Waals surface area contributed by atoms with E-state index >= 15 is 0 Å². The molecule has 2 aromatic carbocycles. The van der Waals surface area contributed by atoms with Crippen LogP contribution >= 0.6 is 0 Å². The summed E-state index contributed by atoms with van der Waals surface area (Å²) in [4.78, 5) is 35.5. The van der Waals surface area contributed by atoms with Crippen LogP contribution in [0.1, 0.15) is 104 Å². The van der Waals surface area contributed by atoms with Crippen molar-refractivity contribution in [2.24, 2.45) is 11.8 Å². The van der Waals surface area contributed by atoms with Crippen LogP contribution in [0.4, 0.5) is 32.3 Å². The summed E-state index contributed by atoms with van der Waals surface area (Å²) in [5.74, 6) is 0.878. The molecule has 8 heteroatoms. The van der Waals surface area contributed by atoms with Gasteiger partial charge in [-0.2, -0.15) is 0 Å². The van der Waals surface area contributed by atoms with Crippen LogP contribution in [0.3, 0.4) is 0 Å². The zero-order valence-electron chi connectivity index (χ0n) is 31.1. The average Bonchev–Trinajstić information content (AvgIpc) is 3.07. The number of nitrogens with one attached hydrogen (secondary N) is 2. The van der Waals surface area contributed by atoms with Crippen molar-refractivity contribution >= 4 is 34.8 Å². The van der Waals surface area contributed by atoms with Crippen LogP contribution in [-0.4, -0.2) is 76.2 Å². The Morgan fingerprint density at radius 2 is 0.958 bits per heavy atom. The highest BCUT2D eigenvalue weighted by Gasteiger charge is 2.28. The van der Waals surface area contributed by atoms with Gasteiger partial charge in [0.25, 0.3) is 0 Å². The van der Waals surface area contributed by atoms with E-state index in [9.17, 15) is 9.59 Å². The lowest BCUT2D eigenvalue weighted by atomic mass is 9.80. The molecule has 0 aromatic heterocycles. The van der Waals surface area contributed by atoms with Gasteiger partial charge in [0.1, 0.15) is 0 Å². The molecule has 1 aliphatic rings. The summed E-state index contributed by atoms with van der Waals surface area (Å²) in [6.45, 7) is 7.58. The minimum absolute atomic E-state index is 0.00131. The highest BCUT2D eigenvalue weighted by Crippen LogP contribution is 2.31. The average molecular weight is 663 g/mol. The smallest absolute Gasteiger partial charge is 0.321 e. The minimum Gasteiger partial charge on any atom is -0.378 e. The van der Waals surface area contributed by atoms with E-state index in [1.54, 1.807) is 0 Å². The Balaban J connectivity index is 1.64. The molecular formula is C40H66N6O2. The van der Waals surface area contributed by atoms with Crippen molar-refractivity contribution in [1.82, 2.24) is 9.80 Å². The lowest BCUT2D eigenvalue weighted by molar-refractivity contribution is 0.153. The molecule has 0 radical (unpaired) electrons. The van der Waals surface area contributed by atoms with Crippen LogP contribution < -0.4 is 20.4 Å². The minimum atomic E-state index is -0.00131. The molecule has 2 N–H and O–H groups in total. The first-order valence-corrected chi connectivity index (χ1v) is 18.9.